The van der Waals surface area contributed by atoms with Gasteiger partial charge in [0.05, 0.1) is 42.6 Å². The first-order valence-electron chi connectivity index (χ1n) is 15.5. The summed E-state index contributed by atoms with van der Waals surface area (Å²) in [7, 11) is 6.80. The number of nitrogens with zero attached hydrogens (tertiary/aromatic N) is 1. The molecule has 1 spiro atoms. The summed E-state index contributed by atoms with van der Waals surface area (Å²) in [6.45, 7) is 3.54. The number of aliphatic hydroxyl groups is 2. The Balaban J connectivity index is 1.41. The fraction of sp³-hybridized carbons (Fsp3) is 0.781. The van der Waals surface area contributed by atoms with Crippen LogP contribution in [0.1, 0.15) is 43.0 Å². The summed E-state index contributed by atoms with van der Waals surface area (Å²) < 4.78 is 31.1. The van der Waals surface area contributed by atoms with Crippen LogP contribution >= 0.6 is 0 Å². The standard InChI is InChI=1S/C32H46N2O8/c1-6-34-15-29(16-42-27(35)17-9-7-8-10-20(17)33)12-11-22(39-3)31-19-13-18-21(38-2)14-30(36,23(19)24(18)40-4)32(37,28(31)34)26(41-5)25(29)31/h7-10,18-19,21-26,28,36-37H,6,11-16,33H2,1-5H3/t18-,19-,21+,22+,23-,24+,25+,26+,28+,29+,30-,31?,32+/m1/s1. The Kier molecular flexibility index (Phi) is 6.62. The second kappa shape index (κ2) is 9.60. The number of nitrogen functional groups attached to an aromatic ring is 1. The summed E-state index contributed by atoms with van der Waals surface area (Å²) in [5.74, 6) is -0.892. The molecule has 1 unspecified atom stereocenters. The van der Waals surface area contributed by atoms with Crippen LogP contribution < -0.4 is 5.73 Å². The number of piperidine rings is 1. The lowest BCUT2D eigenvalue weighted by atomic mass is 9.42. The second-order valence-electron chi connectivity index (χ2n) is 13.8. The van der Waals surface area contributed by atoms with Gasteiger partial charge in [-0.15, -0.1) is 0 Å². The van der Waals surface area contributed by atoms with Crippen molar-refractivity contribution < 1.29 is 38.7 Å². The molecule has 13 atom stereocenters. The Hall–Kier alpha value is -1.79. The van der Waals surface area contributed by atoms with Gasteiger partial charge in [0, 0.05) is 75.7 Å². The molecule has 10 nitrogen and oxygen atoms in total. The van der Waals surface area contributed by atoms with Crippen LogP contribution in [0.4, 0.5) is 5.69 Å². The Labute approximate surface area is 247 Å². The van der Waals surface area contributed by atoms with Crippen LogP contribution in [0.25, 0.3) is 0 Å². The lowest BCUT2D eigenvalue weighted by Gasteiger charge is -2.70. The van der Waals surface area contributed by atoms with E-state index in [2.05, 4.69) is 11.8 Å². The maximum absolute atomic E-state index is 13.4. The van der Waals surface area contributed by atoms with Gasteiger partial charge in [-0.1, -0.05) is 19.1 Å². The van der Waals surface area contributed by atoms with Crippen LogP contribution in [0.3, 0.4) is 0 Å². The monoisotopic (exact) mass is 586 g/mol. The van der Waals surface area contributed by atoms with Crippen LogP contribution in [-0.2, 0) is 23.7 Å². The van der Waals surface area contributed by atoms with Crippen molar-refractivity contribution in [3.05, 3.63) is 29.8 Å². The zero-order valence-corrected chi connectivity index (χ0v) is 25.3. The van der Waals surface area contributed by atoms with Crippen LogP contribution in [0, 0.1) is 34.5 Å². The largest absolute Gasteiger partial charge is 0.461 e. The van der Waals surface area contributed by atoms with E-state index in [0.717, 1.165) is 19.3 Å². The summed E-state index contributed by atoms with van der Waals surface area (Å²) in [6.07, 6.45) is 1.22. The van der Waals surface area contributed by atoms with Gasteiger partial charge in [0.1, 0.15) is 11.2 Å². The number of likely N-dealkylation sites (tertiary alicyclic amines) is 1. The summed E-state index contributed by atoms with van der Waals surface area (Å²) >= 11 is 0. The van der Waals surface area contributed by atoms with Gasteiger partial charge in [0.25, 0.3) is 0 Å². The van der Waals surface area contributed by atoms with Crippen LogP contribution in [-0.4, -0.2) is 111 Å². The summed E-state index contributed by atoms with van der Waals surface area (Å²) in [5.41, 5.74) is 2.65. The molecule has 232 valence electrons. The Morgan fingerprint density at radius 2 is 1.86 bits per heavy atom. The van der Waals surface area contributed by atoms with Gasteiger partial charge in [-0.25, -0.2) is 4.79 Å². The molecule has 10 heteroatoms. The summed E-state index contributed by atoms with van der Waals surface area (Å²) in [5, 5.41) is 26.3. The van der Waals surface area contributed by atoms with E-state index in [1.54, 1.807) is 52.7 Å². The third-order valence-electron chi connectivity index (χ3n) is 13.0. The molecule has 1 aliphatic heterocycles. The van der Waals surface area contributed by atoms with Crippen molar-refractivity contribution >= 4 is 11.7 Å². The maximum Gasteiger partial charge on any atom is 0.340 e. The van der Waals surface area contributed by atoms with E-state index in [1.807, 2.05) is 0 Å². The molecule has 0 radical (unpaired) electrons. The van der Waals surface area contributed by atoms with E-state index in [0.29, 0.717) is 30.8 Å². The highest BCUT2D eigenvalue weighted by Gasteiger charge is 2.91. The van der Waals surface area contributed by atoms with Crippen LogP contribution in [0.15, 0.2) is 24.3 Å². The van der Waals surface area contributed by atoms with Crippen molar-refractivity contribution in [2.24, 2.45) is 34.5 Å². The molecular formula is C32H46N2O8. The summed E-state index contributed by atoms with van der Waals surface area (Å²) in [6, 6.07) is 6.55. The molecule has 5 saturated carbocycles. The predicted molar refractivity (Wildman–Crippen MR) is 153 cm³/mol. The molecule has 0 aromatic heterocycles. The molecule has 4 N–H and O–H groups in total. The third kappa shape index (κ3) is 3.12. The first-order valence-corrected chi connectivity index (χ1v) is 15.5. The first kappa shape index (κ1) is 29.0. The van der Waals surface area contributed by atoms with E-state index in [-0.39, 0.29) is 48.6 Å². The lowest BCUT2D eigenvalue weighted by molar-refractivity contribution is -0.320. The molecule has 1 aromatic carbocycles. The highest BCUT2D eigenvalue weighted by Crippen LogP contribution is 2.80. The van der Waals surface area contributed by atoms with Crippen LogP contribution in [0.2, 0.25) is 0 Å². The van der Waals surface area contributed by atoms with Crippen molar-refractivity contribution in [2.75, 3.05) is 53.9 Å². The van der Waals surface area contributed by atoms with Gasteiger partial charge in [-0.3, -0.25) is 4.90 Å². The maximum atomic E-state index is 13.4. The molecule has 6 fully saturated rings. The Morgan fingerprint density at radius 3 is 2.50 bits per heavy atom. The molecule has 7 bridgehead atoms. The highest BCUT2D eigenvalue weighted by atomic mass is 16.5. The number of fused-ring (bicyclic) bond motifs is 2. The number of methoxy groups -OCH3 is 4. The smallest absolute Gasteiger partial charge is 0.340 e. The molecule has 1 heterocycles. The van der Waals surface area contributed by atoms with Crippen molar-refractivity contribution in [1.29, 1.82) is 0 Å². The molecule has 5 aliphatic carbocycles. The minimum atomic E-state index is -1.62. The summed E-state index contributed by atoms with van der Waals surface area (Å²) in [4.78, 5) is 15.7. The average Bonchev–Trinajstić information content (AvgIpc) is 3.41. The van der Waals surface area contributed by atoms with E-state index in [1.165, 1.54) is 0 Å². The van der Waals surface area contributed by atoms with Crippen molar-refractivity contribution in [1.82, 2.24) is 4.90 Å². The van der Waals surface area contributed by atoms with Crippen molar-refractivity contribution in [3.8, 4) is 0 Å². The molecule has 0 amide bonds. The molecule has 7 rings (SSSR count). The quantitative estimate of drug-likeness (QED) is 0.306. The number of para-hydroxylation sites is 1. The van der Waals surface area contributed by atoms with Gasteiger partial charge in [-0.2, -0.15) is 0 Å². The molecule has 6 aliphatic rings. The molecule has 1 saturated heterocycles. The lowest BCUT2D eigenvalue weighted by Crippen LogP contribution is -2.82. The van der Waals surface area contributed by atoms with Gasteiger partial charge < -0.3 is 39.6 Å². The number of rotatable bonds is 8. The van der Waals surface area contributed by atoms with E-state index >= 15 is 0 Å². The number of carbonyl (C=O) groups excluding carboxylic acids is 1. The van der Waals surface area contributed by atoms with Crippen LogP contribution in [0.5, 0.6) is 0 Å². The average molecular weight is 587 g/mol. The minimum absolute atomic E-state index is 0.00697. The van der Waals surface area contributed by atoms with Gasteiger partial charge in [-0.05, 0) is 43.9 Å². The fourth-order valence-electron chi connectivity index (χ4n) is 12.0. The highest BCUT2D eigenvalue weighted by molar-refractivity contribution is 5.95. The Bertz CT molecular complexity index is 1250. The Morgan fingerprint density at radius 1 is 1.10 bits per heavy atom. The van der Waals surface area contributed by atoms with E-state index < -0.39 is 40.1 Å². The number of likely N-dealkylation sites (N-methyl/N-ethyl adjacent to an activating group) is 1. The SMILES string of the molecule is CCN1C[C@]2(COC(=O)c3ccccc3N)CC[C@H](OC)C34[C@@H]5C[C@H]6[C@H](OC)[C@@H]5[C@](O)(C[C@@H]6OC)[C@](O)([C@@H](OC)[C@H]32)[C@@H]14. The van der Waals surface area contributed by atoms with Crippen molar-refractivity contribution in [2.45, 2.75) is 74.3 Å². The van der Waals surface area contributed by atoms with Gasteiger partial charge in [0.15, 0.2) is 0 Å². The number of hydrogen-bond donors (Lipinski definition) is 3. The van der Waals surface area contributed by atoms with E-state index in [9.17, 15) is 15.0 Å². The van der Waals surface area contributed by atoms with Crippen molar-refractivity contribution in [3.63, 3.8) is 0 Å². The number of carbonyl (C=O) groups is 1. The zero-order chi connectivity index (χ0) is 29.8. The number of hydrogen-bond acceptors (Lipinski definition) is 10. The zero-order valence-electron chi connectivity index (χ0n) is 25.3. The first-order chi connectivity index (χ1) is 20.1. The normalized spacial score (nSPS) is 50.1. The van der Waals surface area contributed by atoms with Gasteiger partial charge in [0.2, 0.25) is 0 Å². The minimum Gasteiger partial charge on any atom is -0.461 e. The number of anilines is 1. The molecular weight excluding hydrogens is 540 g/mol. The number of nitrogens with two attached hydrogens (primary N) is 1. The topological polar surface area (TPSA) is 133 Å². The van der Waals surface area contributed by atoms with Gasteiger partial charge >= 0.3 is 5.97 Å². The molecule has 1 aromatic rings. The number of benzene rings is 1. The van der Waals surface area contributed by atoms with E-state index in [4.69, 9.17) is 29.4 Å². The second-order valence-corrected chi connectivity index (χ2v) is 13.8. The third-order valence-corrected chi connectivity index (χ3v) is 13.0. The number of esters is 1. The number of ether oxygens (including phenoxy) is 5. The predicted octanol–water partition coefficient (Wildman–Crippen LogP) is 1.72. The fourth-order valence-corrected chi connectivity index (χ4v) is 12.0. The molecule has 42 heavy (non-hydrogen) atoms.